The Kier molecular flexibility index (Phi) is 7.38. The van der Waals surface area contributed by atoms with E-state index in [1.807, 2.05) is 0 Å². The summed E-state index contributed by atoms with van der Waals surface area (Å²) >= 11 is 0. The monoisotopic (exact) mass is 396 g/mol. The van der Waals surface area contributed by atoms with E-state index in [1.165, 1.54) is 21.3 Å². The van der Waals surface area contributed by atoms with E-state index in [9.17, 15) is 18.0 Å². The Hall–Kier alpha value is -1.93. The summed E-state index contributed by atoms with van der Waals surface area (Å²) in [6, 6.07) is 5.85. The molecule has 0 atom stereocenters. The fourth-order valence-corrected chi connectivity index (χ4v) is 4.76. The summed E-state index contributed by atoms with van der Waals surface area (Å²) in [7, 11) is -3.64. The zero-order chi connectivity index (χ0) is 20.0. The van der Waals surface area contributed by atoms with Crippen LogP contribution in [-0.2, 0) is 14.8 Å². The van der Waals surface area contributed by atoms with E-state index >= 15 is 0 Å². The van der Waals surface area contributed by atoms with Crippen LogP contribution in [0.15, 0.2) is 29.2 Å². The predicted octanol–water partition coefficient (Wildman–Crippen LogP) is 2.58. The maximum Gasteiger partial charge on any atom is 0.305 e. The number of carboxylic acid groups (broad SMARTS) is 1. The van der Waals surface area contributed by atoms with Crippen LogP contribution in [0.2, 0.25) is 0 Å². The summed E-state index contributed by atoms with van der Waals surface area (Å²) in [4.78, 5) is 25.2. The van der Waals surface area contributed by atoms with Crippen molar-refractivity contribution in [3.63, 3.8) is 0 Å². The van der Waals surface area contributed by atoms with Crippen molar-refractivity contribution in [3.8, 4) is 0 Å². The van der Waals surface area contributed by atoms with Gasteiger partial charge in [-0.3, -0.25) is 9.59 Å². The van der Waals surface area contributed by atoms with Crippen molar-refractivity contribution < 1.29 is 23.1 Å². The lowest BCUT2D eigenvalue weighted by Gasteiger charge is -2.26. The van der Waals surface area contributed by atoms with Crippen LogP contribution in [0.3, 0.4) is 0 Å². The van der Waals surface area contributed by atoms with Gasteiger partial charge in [-0.25, -0.2) is 8.42 Å². The molecule has 1 aliphatic heterocycles. The molecule has 0 aromatic heterocycles. The van der Waals surface area contributed by atoms with Gasteiger partial charge in [0.25, 0.3) is 5.91 Å². The van der Waals surface area contributed by atoms with Gasteiger partial charge in [0.15, 0.2) is 0 Å². The van der Waals surface area contributed by atoms with Crippen molar-refractivity contribution in [2.75, 3.05) is 19.6 Å². The Morgan fingerprint density at radius 2 is 1.78 bits per heavy atom. The number of carbonyl (C=O) groups is 2. The third kappa shape index (κ3) is 5.52. The van der Waals surface area contributed by atoms with Gasteiger partial charge in [-0.05, 0) is 44.9 Å². The summed E-state index contributed by atoms with van der Waals surface area (Å²) in [6.45, 7) is 4.68. The fraction of sp³-hybridized carbons (Fsp3) is 0.579. The average molecular weight is 397 g/mol. The SMILES string of the molecule is CC(C)N(CCC(=O)O)C(=O)c1cccc(S(=O)(=O)N2CCCCCC2)c1. The van der Waals surface area contributed by atoms with Gasteiger partial charge in [0.2, 0.25) is 10.0 Å². The molecule has 0 aliphatic carbocycles. The Labute approximate surface area is 161 Å². The minimum Gasteiger partial charge on any atom is -0.481 e. The molecule has 2 rings (SSSR count). The van der Waals surface area contributed by atoms with Gasteiger partial charge in [0.05, 0.1) is 11.3 Å². The first-order valence-corrected chi connectivity index (χ1v) is 10.8. The van der Waals surface area contributed by atoms with Gasteiger partial charge in [-0.15, -0.1) is 0 Å². The number of hydrogen-bond donors (Lipinski definition) is 1. The summed E-state index contributed by atoms with van der Waals surface area (Å²) in [6.07, 6.45) is 3.58. The summed E-state index contributed by atoms with van der Waals surface area (Å²) in [5, 5.41) is 8.89. The molecule has 1 aromatic rings. The molecule has 27 heavy (non-hydrogen) atoms. The van der Waals surface area contributed by atoms with Crippen molar-refractivity contribution in [1.29, 1.82) is 0 Å². The highest BCUT2D eigenvalue weighted by atomic mass is 32.2. The van der Waals surface area contributed by atoms with E-state index in [0.29, 0.717) is 13.1 Å². The Morgan fingerprint density at radius 1 is 1.15 bits per heavy atom. The van der Waals surface area contributed by atoms with Crippen molar-refractivity contribution in [2.45, 2.75) is 56.9 Å². The lowest BCUT2D eigenvalue weighted by Crippen LogP contribution is -2.38. The maximum atomic E-state index is 13.0. The molecule has 0 radical (unpaired) electrons. The van der Waals surface area contributed by atoms with Gasteiger partial charge in [0, 0.05) is 31.2 Å². The van der Waals surface area contributed by atoms with Crippen LogP contribution in [0.4, 0.5) is 0 Å². The van der Waals surface area contributed by atoms with E-state index in [4.69, 9.17) is 5.11 Å². The molecular formula is C19H28N2O5S. The minimum absolute atomic E-state index is 0.0783. The summed E-state index contributed by atoms with van der Waals surface area (Å²) < 4.78 is 27.4. The first kappa shape index (κ1) is 21.4. The van der Waals surface area contributed by atoms with Crippen molar-refractivity contribution in [2.24, 2.45) is 0 Å². The number of rotatable bonds is 7. The molecule has 0 saturated carbocycles. The minimum atomic E-state index is -3.64. The second-order valence-electron chi connectivity index (χ2n) is 7.08. The number of benzene rings is 1. The zero-order valence-electron chi connectivity index (χ0n) is 15.9. The molecule has 1 heterocycles. The quantitative estimate of drug-likeness (QED) is 0.764. The number of sulfonamides is 1. The van der Waals surface area contributed by atoms with Gasteiger partial charge in [-0.2, -0.15) is 4.31 Å². The molecule has 0 spiro atoms. The Balaban J connectivity index is 2.27. The molecule has 0 unspecified atom stereocenters. The van der Waals surface area contributed by atoms with E-state index in [-0.39, 0.29) is 35.4 Å². The van der Waals surface area contributed by atoms with E-state index in [2.05, 4.69) is 0 Å². The molecule has 1 N–H and O–H groups in total. The number of carboxylic acids is 1. The first-order chi connectivity index (χ1) is 12.7. The van der Waals surface area contributed by atoms with Crippen LogP contribution >= 0.6 is 0 Å². The number of hydrogen-bond acceptors (Lipinski definition) is 4. The topological polar surface area (TPSA) is 95.0 Å². The Bertz CT molecular complexity index is 768. The average Bonchev–Trinajstić information content (AvgIpc) is 2.91. The summed E-state index contributed by atoms with van der Waals surface area (Å²) in [5.74, 6) is -1.34. The van der Waals surface area contributed by atoms with Crippen LogP contribution in [0, 0.1) is 0 Å². The first-order valence-electron chi connectivity index (χ1n) is 9.36. The molecule has 1 saturated heterocycles. The summed E-state index contributed by atoms with van der Waals surface area (Å²) in [5.41, 5.74) is 0.255. The highest BCUT2D eigenvalue weighted by Crippen LogP contribution is 2.22. The molecular weight excluding hydrogens is 368 g/mol. The smallest absolute Gasteiger partial charge is 0.305 e. The van der Waals surface area contributed by atoms with Gasteiger partial charge >= 0.3 is 5.97 Å². The highest BCUT2D eigenvalue weighted by Gasteiger charge is 2.27. The normalized spacial score (nSPS) is 16.1. The largest absolute Gasteiger partial charge is 0.481 e. The van der Waals surface area contributed by atoms with Gasteiger partial charge in [0.1, 0.15) is 0 Å². The molecule has 1 amide bonds. The molecule has 150 valence electrons. The molecule has 8 heteroatoms. The van der Waals surface area contributed by atoms with Crippen LogP contribution in [0.5, 0.6) is 0 Å². The lowest BCUT2D eigenvalue weighted by molar-refractivity contribution is -0.137. The molecule has 7 nitrogen and oxygen atoms in total. The third-order valence-electron chi connectivity index (χ3n) is 4.73. The van der Waals surface area contributed by atoms with Gasteiger partial charge < -0.3 is 10.0 Å². The second kappa shape index (κ2) is 9.32. The number of amides is 1. The van der Waals surface area contributed by atoms with Crippen LogP contribution in [-0.4, -0.2) is 60.3 Å². The van der Waals surface area contributed by atoms with Crippen molar-refractivity contribution in [3.05, 3.63) is 29.8 Å². The van der Waals surface area contributed by atoms with Crippen LogP contribution in [0.1, 0.15) is 56.3 Å². The van der Waals surface area contributed by atoms with Crippen LogP contribution in [0.25, 0.3) is 0 Å². The highest BCUT2D eigenvalue weighted by molar-refractivity contribution is 7.89. The number of aliphatic carboxylic acids is 1. The molecule has 1 aromatic carbocycles. The van der Waals surface area contributed by atoms with Crippen molar-refractivity contribution in [1.82, 2.24) is 9.21 Å². The standard InChI is InChI=1S/C19H28N2O5S/c1-15(2)21(13-10-18(22)23)19(24)16-8-7-9-17(14-16)27(25,26)20-11-5-3-4-6-12-20/h7-9,14-15H,3-6,10-13H2,1-2H3,(H,22,23). The van der Waals surface area contributed by atoms with Gasteiger partial charge in [-0.1, -0.05) is 18.9 Å². The lowest BCUT2D eigenvalue weighted by atomic mass is 10.1. The van der Waals surface area contributed by atoms with E-state index in [0.717, 1.165) is 25.7 Å². The van der Waals surface area contributed by atoms with Crippen LogP contribution < -0.4 is 0 Å². The number of carbonyl (C=O) groups excluding carboxylic acids is 1. The van der Waals surface area contributed by atoms with Crippen molar-refractivity contribution >= 4 is 21.9 Å². The van der Waals surface area contributed by atoms with E-state index in [1.54, 1.807) is 26.0 Å². The number of nitrogens with zero attached hydrogens (tertiary/aromatic N) is 2. The molecule has 0 bridgehead atoms. The maximum absolute atomic E-state index is 13.0. The zero-order valence-corrected chi connectivity index (χ0v) is 16.7. The second-order valence-corrected chi connectivity index (χ2v) is 9.02. The van der Waals surface area contributed by atoms with E-state index < -0.39 is 16.0 Å². The Morgan fingerprint density at radius 3 is 2.33 bits per heavy atom. The molecule has 1 aliphatic rings. The predicted molar refractivity (Wildman–Crippen MR) is 102 cm³/mol. The fourth-order valence-electron chi connectivity index (χ4n) is 3.20. The molecule has 1 fully saturated rings. The third-order valence-corrected chi connectivity index (χ3v) is 6.63.